The molecule has 1 aromatic carbocycles. The lowest BCUT2D eigenvalue weighted by Gasteiger charge is -2.28. The Kier molecular flexibility index (Phi) is 4.15. The predicted molar refractivity (Wildman–Crippen MR) is 86.8 cm³/mol. The minimum atomic E-state index is -0.377. The lowest BCUT2D eigenvalue weighted by Crippen LogP contribution is -2.50. The van der Waals surface area contributed by atoms with E-state index in [1.54, 1.807) is 0 Å². The molecule has 3 rings (SSSR count). The molecule has 0 radical (unpaired) electrons. The Balaban J connectivity index is 1.79. The fraction of sp³-hybridized carbons (Fsp3) is 0.588. The lowest BCUT2D eigenvalue weighted by atomic mass is 9.93. The fourth-order valence-corrected chi connectivity index (χ4v) is 3.52. The van der Waals surface area contributed by atoms with Gasteiger partial charge in [-0.15, -0.1) is 0 Å². The van der Waals surface area contributed by atoms with E-state index in [2.05, 4.69) is 28.5 Å². The first-order chi connectivity index (χ1) is 10.2. The molecule has 4 nitrogen and oxygen atoms in total. The summed E-state index contributed by atoms with van der Waals surface area (Å²) in [6.07, 6.45) is 5.33. The van der Waals surface area contributed by atoms with Gasteiger partial charge in [0.1, 0.15) is 0 Å². The summed E-state index contributed by atoms with van der Waals surface area (Å²) in [4.78, 5) is 15.1. The molecule has 0 aromatic heterocycles. The summed E-state index contributed by atoms with van der Waals surface area (Å²) in [5.41, 5.74) is 1.73. The van der Waals surface area contributed by atoms with E-state index in [1.807, 2.05) is 18.2 Å². The second kappa shape index (κ2) is 6.06. The van der Waals surface area contributed by atoms with Crippen molar-refractivity contribution < 1.29 is 4.79 Å². The molecule has 2 aliphatic rings. The SMILES string of the molecule is CCC1(C(=O)Nc2ccccc2N2CCCC2)CCCN1. The number of nitrogens with one attached hydrogen (secondary N) is 2. The molecule has 1 unspecified atom stereocenters. The first kappa shape index (κ1) is 14.4. The minimum absolute atomic E-state index is 0.120. The first-order valence-corrected chi connectivity index (χ1v) is 8.16. The van der Waals surface area contributed by atoms with E-state index in [0.29, 0.717) is 0 Å². The van der Waals surface area contributed by atoms with Gasteiger partial charge in [-0.05, 0) is 50.8 Å². The van der Waals surface area contributed by atoms with Gasteiger partial charge in [-0.2, -0.15) is 0 Å². The highest BCUT2D eigenvalue weighted by Gasteiger charge is 2.39. The zero-order valence-electron chi connectivity index (χ0n) is 12.8. The van der Waals surface area contributed by atoms with Gasteiger partial charge in [0, 0.05) is 13.1 Å². The highest BCUT2D eigenvalue weighted by Crippen LogP contribution is 2.31. The number of nitrogens with zero attached hydrogens (tertiary/aromatic N) is 1. The molecule has 2 heterocycles. The highest BCUT2D eigenvalue weighted by molar-refractivity contribution is 6.00. The number of hydrogen-bond acceptors (Lipinski definition) is 3. The number of carbonyl (C=O) groups excluding carboxylic acids is 1. The van der Waals surface area contributed by atoms with Crippen LogP contribution in [0.2, 0.25) is 0 Å². The van der Waals surface area contributed by atoms with Crippen molar-refractivity contribution in [2.45, 2.75) is 44.6 Å². The lowest BCUT2D eigenvalue weighted by molar-refractivity contribution is -0.122. The molecule has 2 fully saturated rings. The van der Waals surface area contributed by atoms with Crippen molar-refractivity contribution in [3.8, 4) is 0 Å². The highest BCUT2D eigenvalue weighted by atomic mass is 16.2. The van der Waals surface area contributed by atoms with Crippen molar-refractivity contribution in [2.75, 3.05) is 29.9 Å². The van der Waals surface area contributed by atoms with E-state index in [4.69, 9.17) is 0 Å². The number of carbonyl (C=O) groups is 1. The van der Waals surface area contributed by atoms with Gasteiger partial charge in [-0.3, -0.25) is 4.79 Å². The van der Waals surface area contributed by atoms with Crippen molar-refractivity contribution in [3.05, 3.63) is 24.3 Å². The van der Waals surface area contributed by atoms with Crippen LogP contribution in [0.4, 0.5) is 11.4 Å². The Morgan fingerprint density at radius 2 is 2.05 bits per heavy atom. The standard InChI is InChI=1S/C17H25N3O/c1-2-17(10-7-11-18-17)16(21)19-14-8-3-4-9-15(14)20-12-5-6-13-20/h3-4,8-9,18H,2,5-7,10-13H2,1H3,(H,19,21). The van der Waals surface area contributed by atoms with Crippen molar-refractivity contribution >= 4 is 17.3 Å². The van der Waals surface area contributed by atoms with E-state index in [9.17, 15) is 4.79 Å². The second-order valence-corrected chi connectivity index (χ2v) is 6.13. The van der Waals surface area contributed by atoms with E-state index < -0.39 is 0 Å². The van der Waals surface area contributed by atoms with E-state index in [-0.39, 0.29) is 11.4 Å². The van der Waals surface area contributed by atoms with Gasteiger partial charge in [0.05, 0.1) is 16.9 Å². The summed E-state index contributed by atoms with van der Waals surface area (Å²) in [5.74, 6) is 0.120. The van der Waals surface area contributed by atoms with E-state index in [1.165, 1.54) is 12.8 Å². The predicted octanol–water partition coefficient (Wildman–Crippen LogP) is 2.76. The first-order valence-electron chi connectivity index (χ1n) is 8.16. The van der Waals surface area contributed by atoms with Crippen molar-refractivity contribution in [2.24, 2.45) is 0 Å². The van der Waals surface area contributed by atoms with Crippen LogP contribution in [0, 0.1) is 0 Å². The molecule has 0 spiro atoms. The third-order valence-corrected chi connectivity index (χ3v) is 4.88. The van der Waals surface area contributed by atoms with Crippen LogP contribution in [-0.2, 0) is 4.79 Å². The average molecular weight is 287 g/mol. The minimum Gasteiger partial charge on any atom is -0.370 e. The molecule has 21 heavy (non-hydrogen) atoms. The van der Waals surface area contributed by atoms with Crippen LogP contribution in [0.5, 0.6) is 0 Å². The Labute approximate surface area is 126 Å². The van der Waals surface area contributed by atoms with Gasteiger partial charge in [0.25, 0.3) is 0 Å². The van der Waals surface area contributed by atoms with Gasteiger partial charge in [-0.1, -0.05) is 19.1 Å². The quantitative estimate of drug-likeness (QED) is 0.895. The zero-order valence-corrected chi connectivity index (χ0v) is 12.8. The third kappa shape index (κ3) is 2.77. The van der Waals surface area contributed by atoms with Crippen LogP contribution >= 0.6 is 0 Å². The molecule has 1 amide bonds. The molecular weight excluding hydrogens is 262 g/mol. The molecule has 0 saturated carbocycles. The Bertz CT molecular complexity index is 503. The number of rotatable bonds is 4. The zero-order chi connectivity index (χ0) is 14.7. The van der Waals surface area contributed by atoms with Gasteiger partial charge in [0.15, 0.2) is 0 Å². The molecule has 2 saturated heterocycles. The summed E-state index contributed by atoms with van der Waals surface area (Å²) in [7, 11) is 0. The normalized spacial score (nSPS) is 25.3. The third-order valence-electron chi connectivity index (χ3n) is 4.88. The molecule has 1 aromatic rings. The summed E-state index contributed by atoms with van der Waals surface area (Å²) in [5, 5.41) is 6.58. The van der Waals surface area contributed by atoms with Gasteiger partial charge >= 0.3 is 0 Å². The van der Waals surface area contributed by atoms with Crippen molar-refractivity contribution in [3.63, 3.8) is 0 Å². The molecule has 2 aliphatic heterocycles. The summed E-state index contributed by atoms with van der Waals surface area (Å²) < 4.78 is 0. The second-order valence-electron chi connectivity index (χ2n) is 6.13. The maximum absolute atomic E-state index is 12.7. The van der Waals surface area contributed by atoms with Crippen LogP contribution in [0.25, 0.3) is 0 Å². The van der Waals surface area contributed by atoms with Crippen LogP contribution in [0.15, 0.2) is 24.3 Å². The number of para-hydroxylation sites is 2. The number of hydrogen-bond donors (Lipinski definition) is 2. The van der Waals surface area contributed by atoms with Crippen molar-refractivity contribution in [1.29, 1.82) is 0 Å². The Morgan fingerprint density at radius 3 is 2.71 bits per heavy atom. The van der Waals surface area contributed by atoms with Crippen LogP contribution in [-0.4, -0.2) is 31.1 Å². The maximum atomic E-state index is 12.7. The summed E-state index contributed by atoms with van der Waals surface area (Å²) >= 11 is 0. The molecular formula is C17H25N3O. The molecule has 1 atom stereocenters. The molecule has 4 heteroatoms. The van der Waals surface area contributed by atoms with Crippen molar-refractivity contribution in [1.82, 2.24) is 5.32 Å². The fourth-order valence-electron chi connectivity index (χ4n) is 3.52. The average Bonchev–Trinajstić information content (AvgIpc) is 3.20. The largest absolute Gasteiger partial charge is 0.370 e. The summed E-state index contributed by atoms with van der Waals surface area (Å²) in [6.45, 7) is 5.20. The van der Waals surface area contributed by atoms with Crippen LogP contribution in [0.1, 0.15) is 39.0 Å². The Morgan fingerprint density at radius 1 is 1.29 bits per heavy atom. The molecule has 2 N–H and O–H groups in total. The number of benzene rings is 1. The molecule has 0 aliphatic carbocycles. The van der Waals surface area contributed by atoms with Crippen LogP contribution in [0.3, 0.4) is 0 Å². The number of anilines is 2. The molecule has 0 bridgehead atoms. The molecule has 114 valence electrons. The monoisotopic (exact) mass is 287 g/mol. The summed E-state index contributed by atoms with van der Waals surface area (Å²) in [6, 6.07) is 8.17. The topological polar surface area (TPSA) is 44.4 Å². The van der Waals surface area contributed by atoms with Gasteiger partial charge in [0.2, 0.25) is 5.91 Å². The Hall–Kier alpha value is -1.55. The smallest absolute Gasteiger partial charge is 0.244 e. The van der Waals surface area contributed by atoms with Gasteiger partial charge in [-0.25, -0.2) is 0 Å². The van der Waals surface area contributed by atoms with Crippen LogP contribution < -0.4 is 15.5 Å². The van der Waals surface area contributed by atoms with E-state index >= 15 is 0 Å². The van der Waals surface area contributed by atoms with Gasteiger partial charge < -0.3 is 15.5 Å². The number of amides is 1. The maximum Gasteiger partial charge on any atom is 0.244 e. The van der Waals surface area contributed by atoms with E-state index in [0.717, 1.165) is 50.3 Å².